The van der Waals surface area contributed by atoms with Crippen molar-refractivity contribution in [3.8, 4) is 5.75 Å². The summed E-state index contributed by atoms with van der Waals surface area (Å²) in [6, 6.07) is 9.14. The van der Waals surface area contributed by atoms with Gasteiger partial charge in [0.1, 0.15) is 11.6 Å². The number of carbonyl (C=O) groups is 1. The molecule has 0 aliphatic carbocycles. The van der Waals surface area contributed by atoms with E-state index in [2.05, 4.69) is 5.32 Å². The Balaban J connectivity index is 1.95. The van der Waals surface area contributed by atoms with Gasteiger partial charge in [0, 0.05) is 10.7 Å². The van der Waals surface area contributed by atoms with Crippen LogP contribution in [0.2, 0.25) is 5.02 Å². The number of carbonyl (C=O) groups excluding carboxylic acids is 1. The van der Waals surface area contributed by atoms with Crippen molar-refractivity contribution in [2.75, 3.05) is 17.7 Å². The molecular formula is C15H14ClFN2O2. The molecule has 0 saturated carbocycles. The number of halogens is 2. The Bertz CT molecular complexity index is 677. The molecule has 0 saturated heterocycles. The predicted octanol–water partition coefficient (Wildman–Crippen LogP) is 3.39. The topological polar surface area (TPSA) is 64.3 Å². The third kappa shape index (κ3) is 4.10. The van der Waals surface area contributed by atoms with E-state index < -0.39 is 5.82 Å². The van der Waals surface area contributed by atoms with Crippen LogP contribution in [-0.2, 0) is 4.79 Å². The number of hydrogen-bond acceptors (Lipinski definition) is 3. The molecule has 2 aromatic carbocycles. The Morgan fingerprint density at radius 3 is 2.81 bits per heavy atom. The Labute approximate surface area is 126 Å². The fraction of sp³-hybridized carbons (Fsp3) is 0.133. The first kappa shape index (κ1) is 15.1. The summed E-state index contributed by atoms with van der Waals surface area (Å²) in [5.74, 6) is -0.365. The summed E-state index contributed by atoms with van der Waals surface area (Å²) in [5, 5.41) is 3.10. The van der Waals surface area contributed by atoms with Crippen molar-refractivity contribution in [1.82, 2.24) is 0 Å². The van der Waals surface area contributed by atoms with Gasteiger partial charge >= 0.3 is 0 Å². The van der Waals surface area contributed by atoms with E-state index in [0.29, 0.717) is 16.5 Å². The number of nitrogen functional groups attached to an aromatic ring is 1. The van der Waals surface area contributed by atoms with Crippen LogP contribution in [0.1, 0.15) is 5.56 Å². The van der Waals surface area contributed by atoms with Crippen molar-refractivity contribution in [2.45, 2.75) is 6.92 Å². The van der Waals surface area contributed by atoms with E-state index in [9.17, 15) is 9.18 Å². The standard InChI is InChI=1S/C15H14ClFN2O2/c1-9-2-3-10(16)6-14(9)21-8-15(20)19-11-4-5-12(17)13(18)7-11/h2-7H,8,18H2,1H3,(H,19,20). The molecule has 0 aromatic heterocycles. The highest BCUT2D eigenvalue weighted by Crippen LogP contribution is 2.22. The maximum Gasteiger partial charge on any atom is 0.262 e. The molecule has 0 bridgehead atoms. The molecule has 1 amide bonds. The minimum Gasteiger partial charge on any atom is -0.483 e. The maximum atomic E-state index is 13.0. The van der Waals surface area contributed by atoms with Crippen molar-refractivity contribution in [3.63, 3.8) is 0 Å². The van der Waals surface area contributed by atoms with Gasteiger partial charge < -0.3 is 15.8 Å². The number of benzene rings is 2. The third-order valence-corrected chi connectivity index (χ3v) is 3.02. The van der Waals surface area contributed by atoms with Gasteiger partial charge in [-0.3, -0.25) is 4.79 Å². The molecule has 0 atom stereocenters. The van der Waals surface area contributed by atoms with Crippen molar-refractivity contribution in [1.29, 1.82) is 0 Å². The molecule has 0 heterocycles. The zero-order chi connectivity index (χ0) is 15.4. The molecule has 6 heteroatoms. The van der Waals surface area contributed by atoms with Crippen LogP contribution in [-0.4, -0.2) is 12.5 Å². The minimum absolute atomic E-state index is 0.0283. The lowest BCUT2D eigenvalue weighted by Gasteiger charge is -2.10. The number of aryl methyl sites for hydroxylation is 1. The number of anilines is 2. The van der Waals surface area contributed by atoms with Crippen LogP contribution in [0, 0.1) is 12.7 Å². The molecule has 0 radical (unpaired) electrons. The second-order valence-corrected chi connectivity index (χ2v) is 4.92. The molecule has 0 unspecified atom stereocenters. The van der Waals surface area contributed by atoms with Gasteiger partial charge in [-0.25, -0.2) is 4.39 Å². The Morgan fingerprint density at radius 1 is 1.33 bits per heavy atom. The summed E-state index contributed by atoms with van der Waals surface area (Å²) in [5.41, 5.74) is 6.68. The summed E-state index contributed by atoms with van der Waals surface area (Å²) in [6.07, 6.45) is 0. The van der Waals surface area contributed by atoms with Gasteiger partial charge in [0.15, 0.2) is 6.61 Å². The van der Waals surface area contributed by atoms with Crippen LogP contribution in [0.4, 0.5) is 15.8 Å². The van der Waals surface area contributed by atoms with Crippen LogP contribution in [0.15, 0.2) is 36.4 Å². The van der Waals surface area contributed by atoms with Crippen LogP contribution < -0.4 is 15.8 Å². The van der Waals surface area contributed by atoms with Gasteiger partial charge in [0.2, 0.25) is 0 Å². The summed E-state index contributed by atoms with van der Waals surface area (Å²) >= 11 is 5.86. The second kappa shape index (κ2) is 6.45. The van der Waals surface area contributed by atoms with Gasteiger partial charge in [-0.05, 0) is 42.8 Å². The first-order valence-corrected chi connectivity index (χ1v) is 6.57. The Hall–Kier alpha value is -2.27. The summed E-state index contributed by atoms with van der Waals surface area (Å²) in [6.45, 7) is 1.67. The first-order valence-electron chi connectivity index (χ1n) is 6.19. The molecule has 2 aromatic rings. The van der Waals surface area contributed by atoms with E-state index in [-0.39, 0.29) is 18.2 Å². The highest BCUT2D eigenvalue weighted by Gasteiger charge is 2.07. The van der Waals surface area contributed by atoms with Gasteiger partial charge in [0.05, 0.1) is 5.69 Å². The fourth-order valence-corrected chi connectivity index (χ4v) is 1.85. The molecular weight excluding hydrogens is 295 g/mol. The minimum atomic E-state index is -0.529. The second-order valence-electron chi connectivity index (χ2n) is 4.48. The average Bonchev–Trinajstić information content (AvgIpc) is 2.44. The molecule has 0 aliphatic rings. The molecule has 0 aliphatic heterocycles. The highest BCUT2D eigenvalue weighted by molar-refractivity contribution is 6.30. The number of hydrogen-bond donors (Lipinski definition) is 2. The van der Waals surface area contributed by atoms with E-state index in [4.69, 9.17) is 22.1 Å². The molecule has 0 spiro atoms. The van der Waals surface area contributed by atoms with Crippen molar-refractivity contribution in [3.05, 3.63) is 52.8 Å². The van der Waals surface area contributed by atoms with E-state index in [1.807, 2.05) is 6.92 Å². The zero-order valence-electron chi connectivity index (χ0n) is 11.3. The highest BCUT2D eigenvalue weighted by atomic mass is 35.5. The predicted molar refractivity (Wildman–Crippen MR) is 81.1 cm³/mol. The Kier molecular flexibility index (Phi) is 4.65. The molecule has 4 nitrogen and oxygen atoms in total. The smallest absolute Gasteiger partial charge is 0.262 e. The monoisotopic (exact) mass is 308 g/mol. The van der Waals surface area contributed by atoms with Crippen LogP contribution >= 0.6 is 11.6 Å². The SMILES string of the molecule is Cc1ccc(Cl)cc1OCC(=O)Nc1ccc(F)c(N)c1. The van der Waals surface area contributed by atoms with E-state index in [1.54, 1.807) is 18.2 Å². The maximum absolute atomic E-state index is 13.0. The summed E-state index contributed by atoms with van der Waals surface area (Å²) in [7, 11) is 0. The lowest BCUT2D eigenvalue weighted by atomic mass is 10.2. The molecule has 2 rings (SSSR count). The molecule has 0 fully saturated rings. The van der Waals surface area contributed by atoms with E-state index in [1.165, 1.54) is 18.2 Å². The van der Waals surface area contributed by atoms with Gasteiger partial charge in [-0.15, -0.1) is 0 Å². The van der Waals surface area contributed by atoms with Crippen LogP contribution in [0.25, 0.3) is 0 Å². The first-order chi connectivity index (χ1) is 9.95. The van der Waals surface area contributed by atoms with Crippen molar-refractivity contribution >= 4 is 28.9 Å². The van der Waals surface area contributed by atoms with Crippen molar-refractivity contribution in [2.24, 2.45) is 0 Å². The van der Waals surface area contributed by atoms with Gasteiger partial charge in [0.25, 0.3) is 5.91 Å². The van der Waals surface area contributed by atoms with E-state index in [0.717, 1.165) is 5.56 Å². The lowest BCUT2D eigenvalue weighted by Crippen LogP contribution is -2.20. The summed E-state index contributed by atoms with van der Waals surface area (Å²) in [4.78, 5) is 11.8. The Morgan fingerprint density at radius 2 is 2.10 bits per heavy atom. The lowest BCUT2D eigenvalue weighted by molar-refractivity contribution is -0.118. The van der Waals surface area contributed by atoms with Gasteiger partial charge in [-0.1, -0.05) is 17.7 Å². The average molecular weight is 309 g/mol. The number of rotatable bonds is 4. The largest absolute Gasteiger partial charge is 0.483 e. The molecule has 3 N–H and O–H groups in total. The number of amides is 1. The van der Waals surface area contributed by atoms with Gasteiger partial charge in [-0.2, -0.15) is 0 Å². The zero-order valence-corrected chi connectivity index (χ0v) is 12.1. The van der Waals surface area contributed by atoms with Crippen LogP contribution in [0.5, 0.6) is 5.75 Å². The summed E-state index contributed by atoms with van der Waals surface area (Å²) < 4.78 is 18.4. The third-order valence-electron chi connectivity index (χ3n) is 2.79. The molecule has 21 heavy (non-hydrogen) atoms. The van der Waals surface area contributed by atoms with Crippen molar-refractivity contribution < 1.29 is 13.9 Å². The quantitative estimate of drug-likeness (QED) is 0.851. The number of nitrogens with one attached hydrogen (secondary N) is 1. The van der Waals surface area contributed by atoms with Crippen LogP contribution in [0.3, 0.4) is 0 Å². The van der Waals surface area contributed by atoms with E-state index >= 15 is 0 Å². The normalized spacial score (nSPS) is 10.2. The number of ether oxygens (including phenoxy) is 1. The molecule has 110 valence electrons. The number of nitrogens with two attached hydrogens (primary N) is 1. The fourth-order valence-electron chi connectivity index (χ4n) is 1.69.